The first-order valence-electron chi connectivity index (χ1n) is 14.0. The molecule has 2 unspecified atom stereocenters. The normalized spacial score (nSPS) is 16.9. The highest BCUT2D eigenvalue weighted by Gasteiger charge is 2.43. The lowest BCUT2D eigenvalue weighted by Crippen LogP contribution is -2.42. The highest BCUT2D eigenvalue weighted by atomic mass is 19.1. The Morgan fingerprint density at radius 1 is 1.12 bits per heavy atom. The fourth-order valence-corrected chi connectivity index (χ4v) is 5.79. The largest absolute Gasteiger partial charge is 0.497 e. The number of methoxy groups -OCH3 is 2. The van der Waals surface area contributed by atoms with E-state index in [1.165, 1.54) is 19.4 Å². The van der Waals surface area contributed by atoms with Gasteiger partial charge in [0.15, 0.2) is 0 Å². The van der Waals surface area contributed by atoms with Crippen molar-refractivity contribution in [2.24, 2.45) is 5.92 Å². The van der Waals surface area contributed by atoms with Crippen LogP contribution in [0, 0.1) is 11.7 Å². The average molecular weight is 561 g/mol. The Morgan fingerprint density at radius 2 is 1.88 bits per heavy atom. The monoisotopic (exact) mass is 560 g/mol. The molecule has 4 aromatic rings. The maximum absolute atomic E-state index is 14.9. The molecule has 2 aromatic carbocycles. The number of likely N-dealkylation sites (tertiary alicyclic amines) is 1. The molecule has 0 saturated carbocycles. The van der Waals surface area contributed by atoms with E-state index in [1.807, 2.05) is 62.1 Å². The van der Waals surface area contributed by atoms with Gasteiger partial charge in [0.1, 0.15) is 11.6 Å². The minimum atomic E-state index is -1.32. The molecule has 1 fully saturated rings. The van der Waals surface area contributed by atoms with Crippen LogP contribution in [0.5, 0.6) is 11.6 Å². The second-order valence-corrected chi connectivity index (χ2v) is 10.9. The Kier molecular flexibility index (Phi) is 8.00. The van der Waals surface area contributed by atoms with Gasteiger partial charge in [0.2, 0.25) is 11.8 Å². The predicted octanol–water partition coefficient (Wildman–Crippen LogP) is 5.70. The number of halogens is 1. The van der Waals surface area contributed by atoms with Crippen molar-refractivity contribution < 1.29 is 23.8 Å². The lowest BCUT2D eigenvalue weighted by atomic mass is 9.78. The van der Waals surface area contributed by atoms with Crippen molar-refractivity contribution in [1.29, 1.82) is 0 Å². The van der Waals surface area contributed by atoms with E-state index in [9.17, 15) is 14.3 Å². The quantitative estimate of drug-likeness (QED) is 0.268. The molecule has 0 bridgehead atoms. The highest BCUT2D eigenvalue weighted by Crippen LogP contribution is 2.42. The van der Waals surface area contributed by atoms with E-state index in [4.69, 9.17) is 14.5 Å². The molecular weight excluding hydrogens is 523 g/mol. The Labute approximate surface area is 239 Å². The molecule has 2 aromatic heterocycles. The average Bonchev–Trinajstić information content (AvgIpc) is 3.56. The van der Waals surface area contributed by atoms with Gasteiger partial charge in [0.05, 0.1) is 42.6 Å². The van der Waals surface area contributed by atoms with E-state index in [2.05, 4.69) is 5.10 Å². The molecule has 0 aliphatic carbocycles. The third-order valence-corrected chi connectivity index (χ3v) is 8.29. The number of rotatable bonds is 10. The van der Waals surface area contributed by atoms with Gasteiger partial charge in [0, 0.05) is 43.1 Å². The standard InChI is InChI=1S/C32H37FN4O4/c1-6-37-29-16-22(15-27(33)25(29)18-34-37)28-13-12-26(31(35-28)41-5)32(39,20(2)3)17-23-9-14-30(38)36(23)19-21-7-10-24(40-4)11-8-21/h7-8,10-13,15-16,18,20,23,39H,6,9,14,17,19H2,1-5H3. The van der Waals surface area contributed by atoms with E-state index in [1.54, 1.807) is 17.9 Å². The molecule has 8 nitrogen and oxygen atoms in total. The van der Waals surface area contributed by atoms with Crippen LogP contribution in [0.4, 0.5) is 4.39 Å². The maximum atomic E-state index is 14.9. The number of aliphatic hydroxyl groups is 1. The lowest BCUT2D eigenvalue weighted by molar-refractivity contribution is -0.130. The summed E-state index contributed by atoms with van der Waals surface area (Å²) < 4.78 is 27.6. The predicted molar refractivity (Wildman–Crippen MR) is 155 cm³/mol. The van der Waals surface area contributed by atoms with Gasteiger partial charge in [0.25, 0.3) is 0 Å². The van der Waals surface area contributed by atoms with Gasteiger partial charge < -0.3 is 19.5 Å². The van der Waals surface area contributed by atoms with Gasteiger partial charge in [-0.3, -0.25) is 9.48 Å². The van der Waals surface area contributed by atoms with Crippen molar-refractivity contribution in [3.63, 3.8) is 0 Å². The summed E-state index contributed by atoms with van der Waals surface area (Å²) in [6.07, 6.45) is 2.96. The van der Waals surface area contributed by atoms with Crippen molar-refractivity contribution in [2.45, 2.75) is 64.8 Å². The van der Waals surface area contributed by atoms with Crippen molar-refractivity contribution in [3.8, 4) is 22.9 Å². The fraction of sp³-hybridized carbons (Fsp3) is 0.406. The van der Waals surface area contributed by atoms with Crippen molar-refractivity contribution >= 4 is 16.8 Å². The summed E-state index contributed by atoms with van der Waals surface area (Å²) in [6, 6.07) is 14.4. The van der Waals surface area contributed by atoms with E-state index in [0.717, 1.165) is 11.3 Å². The third-order valence-electron chi connectivity index (χ3n) is 8.29. The smallest absolute Gasteiger partial charge is 0.223 e. The van der Waals surface area contributed by atoms with Crippen LogP contribution < -0.4 is 9.47 Å². The van der Waals surface area contributed by atoms with Crippen LogP contribution in [0.3, 0.4) is 0 Å². The molecule has 1 aliphatic rings. The van der Waals surface area contributed by atoms with E-state index in [0.29, 0.717) is 60.1 Å². The second kappa shape index (κ2) is 11.5. The van der Waals surface area contributed by atoms with Crippen LogP contribution in [-0.4, -0.2) is 50.9 Å². The zero-order valence-electron chi connectivity index (χ0n) is 24.2. The molecule has 216 valence electrons. The number of amides is 1. The van der Waals surface area contributed by atoms with E-state index < -0.39 is 5.60 Å². The molecule has 41 heavy (non-hydrogen) atoms. The summed E-state index contributed by atoms with van der Waals surface area (Å²) in [5, 5.41) is 16.9. The minimum Gasteiger partial charge on any atom is -0.497 e. The Morgan fingerprint density at radius 3 is 2.54 bits per heavy atom. The molecule has 0 radical (unpaired) electrons. The topological polar surface area (TPSA) is 89.7 Å². The van der Waals surface area contributed by atoms with Gasteiger partial charge >= 0.3 is 0 Å². The number of aromatic nitrogens is 3. The zero-order valence-corrected chi connectivity index (χ0v) is 24.2. The van der Waals surface area contributed by atoms with E-state index in [-0.39, 0.29) is 29.6 Å². The van der Waals surface area contributed by atoms with Crippen LogP contribution >= 0.6 is 0 Å². The van der Waals surface area contributed by atoms with Crippen molar-refractivity contribution in [1.82, 2.24) is 19.7 Å². The third kappa shape index (κ3) is 5.38. The Balaban J connectivity index is 1.46. The number of ether oxygens (including phenoxy) is 2. The van der Waals surface area contributed by atoms with E-state index >= 15 is 0 Å². The maximum Gasteiger partial charge on any atom is 0.223 e. The molecular formula is C32H37FN4O4. The van der Waals surface area contributed by atoms with Gasteiger partial charge in [-0.15, -0.1) is 0 Å². The number of carbonyl (C=O) groups excluding carboxylic acids is 1. The molecule has 1 saturated heterocycles. The number of pyridine rings is 1. The number of fused-ring (bicyclic) bond motifs is 1. The molecule has 1 amide bonds. The molecule has 9 heteroatoms. The SMILES string of the molecule is CCn1ncc2c(F)cc(-c3ccc(C(O)(CC4CCC(=O)N4Cc4ccc(OC)cc4)C(C)C)c(OC)n3)cc21. The Hall–Kier alpha value is -3.98. The Bertz CT molecular complexity index is 1550. The minimum absolute atomic E-state index is 0.0705. The molecule has 1 N–H and O–H groups in total. The van der Waals surface area contributed by atoms with Crippen LogP contribution in [0.25, 0.3) is 22.2 Å². The summed E-state index contributed by atoms with van der Waals surface area (Å²) in [5.41, 5.74) is 2.03. The molecule has 2 atom stereocenters. The summed E-state index contributed by atoms with van der Waals surface area (Å²) in [5.74, 6) is 0.531. The fourth-order valence-electron chi connectivity index (χ4n) is 5.79. The first-order valence-corrected chi connectivity index (χ1v) is 14.0. The first-order chi connectivity index (χ1) is 19.7. The van der Waals surface area contributed by atoms with Gasteiger partial charge in [-0.25, -0.2) is 9.37 Å². The van der Waals surface area contributed by atoms with Crippen LogP contribution in [0.15, 0.2) is 54.7 Å². The lowest BCUT2D eigenvalue weighted by Gasteiger charge is -2.38. The van der Waals surface area contributed by atoms with Gasteiger partial charge in [-0.2, -0.15) is 5.10 Å². The number of nitrogens with zero attached hydrogens (tertiary/aromatic N) is 4. The van der Waals surface area contributed by atoms with Gasteiger partial charge in [-0.05, 0) is 61.2 Å². The number of aryl methyl sites for hydroxylation is 1. The first kappa shape index (κ1) is 28.5. The van der Waals surface area contributed by atoms with Crippen molar-refractivity contribution in [2.75, 3.05) is 14.2 Å². The number of carbonyl (C=O) groups is 1. The summed E-state index contributed by atoms with van der Waals surface area (Å²) in [7, 11) is 3.14. The molecule has 0 spiro atoms. The molecule has 3 heterocycles. The van der Waals surface area contributed by atoms with Crippen LogP contribution in [-0.2, 0) is 23.5 Å². The van der Waals surface area contributed by atoms with Gasteiger partial charge in [-0.1, -0.05) is 26.0 Å². The number of benzene rings is 2. The van der Waals surface area contributed by atoms with Crippen molar-refractivity contribution in [3.05, 3.63) is 71.7 Å². The van der Waals surface area contributed by atoms with Crippen LogP contribution in [0.1, 0.15) is 51.2 Å². The summed E-state index contributed by atoms with van der Waals surface area (Å²) in [4.78, 5) is 19.5. The molecule has 5 rings (SSSR count). The number of hydrogen-bond acceptors (Lipinski definition) is 6. The zero-order chi connectivity index (χ0) is 29.3. The summed E-state index contributed by atoms with van der Waals surface area (Å²) >= 11 is 0. The molecule has 1 aliphatic heterocycles. The summed E-state index contributed by atoms with van der Waals surface area (Å²) in [6.45, 7) is 6.93. The van der Waals surface area contributed by atoms with Crippen LogP contribution in [0.2, 0.25) is 0 Å². The number of hydrogen-bond donors (Lipinski definition) is 1. The second-order valence-electron chi connectivity index (χ2n) is 10.9. The highest BCUT2D eigenvalue weighted by molar-refractivity contribution is 5.84.